The molecular weight excluding hydrogens is 143 g/mol. The van der Waals surface area contributed by atoms with Gasteiger partial charge in [0.1, 0.15) is 0 Å². The van der Waals surface area contributed by atoms with Crippen molar-refractivity contribution in [2.24, 2.45) is 0 Å². The van der Waals surface area contributed by atoms with E-state index in [9.17, 15) is 0 Å². The zero-order valence-corrected chi connectivity index (χ0v) is 10.7. The van der Waals surface area contributed by atoms with E-state index in [0.29, 0.717) is 0 Å². The topological polar surface area (TPSA) is 0 Å². The van der Waals surface area contributed by atoms with Crippen LogP contribution in [0.3, 0.4) is 0 Å². The molecule has 0 saturated heterocycles. The Labute approximate surface area is 94.4 Å². The second kappa shape index (κ2) is 11.0. The monoisotopic (exact) mass is 164 g/mol. The molecule has 0 amide bonds. The van der Waals surface area contributed by atoms with E-state index in [-0.39, 0.29) is 29.6 Å². The van der Waals surface area contributed by atoms with Crippen molar-refractivity contribution in [3.63, 3.8) is 0 Å². The Balaban J connectivity index is 0. The van der Waals surface area contributed by atoms with Crippen LogP contribution in [0, 0.1) is 5.92 Å². The Morgan fingerprint density at radius 2 is 1.45 bits per heavy atom. The van der Waals surface area contributed by atoms with Gasteiger partial charge in [0.15, 0.2) is 0 Å². The van der Waals surface area contributed by atoms with Crippen LogP contribution >= 0.6 is 0 Å². The first kappa shape index (κ1) is 14.5. The molecule has 0 nitrogen and oxygen atoms in total. The zero-order chi connectivity index (χ0) is 7.82. The molecule has 0 unspecified atom stereocenters. The fourth-order valence-corrected chi connectivity index (χ4v) is 1.23. The third-order valence-corrected chi connectivity index (χ3v) is 2.13. The van der Waals surface area contributed by atoms with Gasteiger partial charge >= 0.3 is 29.6 Å². The van der Waals surface area contributed by atoms with Gasteiger partial charge in [-0.05, 0) is 0 Å². The van der Waals surface area contributed by atoms with Crippen molar-refractivity contribution < 1.29 is 29.6 Å². The molecule has 1 heteroatoms. The average molecular weight is 164 g/mol. The Hall–Kier alpha value is 1.00. The first-order valence-electron chi connectivity index (χ1n) is 4.68. The summed E-state index contributed by atoms with van der Waals surface area (Å²) in [7, 11) is 0. The summed E-state index contributed by atoms with van der Waals surface area (Å²) in [5, 5.41) is 0. The minimum Gasteiger partial charge on any atom is -0.314 e. The van der Waals surface area contributed by atoms with E-state index in [0.717, 1.165) is 0 Å². The fraction of sp³-hybridized carbons (Fsp3) is 0.900. The molecule has 0 spiro atoms. The van der Waals surface area contributed by atoms with Crippen molar-refractivity contribution in [3.05, 3.63) is 5.92 Å². The molecule has 0 radical (unpaired) electrons. The predicted octanol–water partition coefficient (Wildman–Crippen LogP) is 0.965. The predicted molar refractivity (Wildman–Crippen MR) is 48.0 cm³/mol. The van der Waals surface area contributed by atoms with Crippen molar-refractivity contribution in [2.45, 2.75) is 59.3 Å². The summed E-state index contributed by atoms with van der Waals surface area (Å²) in [6, 6.07) is 0. The molecule has 0 N–H and O–H groups in total. The van der Waals surface area contributed by atoms with E-state index in [4.69, 9.17) is 0 Å². The van der Waals surface area contributed by atoms with Gasteiger partial charge in [-0.15, -0.1) is 0 Å². The van der Waals surface area contributed by atoms with E-state index in [2.05, 4.69) is 20.8 Å². The smallest absolute Gasteiger partial charge is 0.314 e. The molecule has 62 valence electrons. The van der Waals surface area contributed by atoms with Crippen molar-refractivity contribution in [1.29, 1.82) is 0 Å². The number of hydrogen-bond donors (Lipinski definition) is 0. The van der Waals surface area contributed by atoms with Crippen molar-refractivity contribution in [3.8, 4) is 0 Å². The molecule has 0 fully saturated rings. The van der Waals surface area contributed by atoms with Crippen molar-refractivity contribution >= 4 is 0 Å². The number of rotatable bonds is 6. The first-order chi connectivity index (χ1) is 4.85. The molecule has 0 bridgehead atoms. The molecule has 0 aromatic carbocycles. The molecule has 0 rings (SSSR count). The third-order valence-electron chi connectivity index (χ3n) is 2.13. The van der Waals surface area contributed by atoms with Crippen molar-refractivity contribution in [2.75, 3.05) is 0 Å². The van der Waals surface area contributed by atoms with Crippen LogP contribution < -0.4 is 29.6 Å². The molecule has 0 aliphatic rings. The van der Waals surface area contributed by atoms with Gasteiger partial charge in [-0.25, -0.2) is 0 Å². The molecule has 0 aliphatic carbocycles. The van der Waals surface area contributed by atoms with E-state index in [1.807, 2.05) is 0 Å². The molecule has 0 saturated carbocycles. The Morgan fingerprint density at radius 1 is 0.909 bits per heavy atom. The standard InChI is InChI=1S/C10H21.Na/c1-4-7-8-9-10(5-2)6-3;/h4-9H2,1-3H3;/q-1;+1. The summed E-state index contributed by atoms with van der Waals surface area (Å²) in [4.78, 5) is 0. The summed E-state index contributed by atoms with van der Waals surface area (Å²) >= 11 is 0. The van der Waals surface area contributed by atoms with Crippen LogP contribution in [0.15, 0.2) is 0 Å². The maximum atomic E-state index is 2.27. The van der Waals surface area contributed by atoms with Gasteiger partial charge in [-0.1, -0.05) is 40.0 Å². The number of hydrogen-bond acceptors (Lipinski definition) is 0. The van der Waals surface area contributed by atoms with Crippen LogP contribution in [0.5, 0.6) is 0 Å². The van der Waals surface area contributed by atoms with E-state index < -0.39 is 0 Å². The quantitative estimate of drug-likeness (QED) is 0.312. The van der Waals surface area contributed by atoms with E-state index in [1.54, 1.807) is 5.92 Å². The fourth-order valence-electron chi connectivity index (χ4n) is 1.23. The second-order valence-electron chi connectivity index (χ2n) is 2.91. The molecule has 0 aliphatic heterocycles. The summed E-state index contributed by atoms with van der Waals surface area (Å²) < 4.78 is 0. The van der Waals surface area contributed by atoms with Crippen LogP contribution in [0.25, 0.3) is 0 Å². The van der Waals surface area contributed by atoms with E-state index in [1.165, 1.54) is 38.5 Å². The molecular formula is C10H21Na. The summed E-state index contributed by atoms with van der Waals surface area (Å²) in [5.74, 6) is 1.74. The normalized spacial score (nSPS) is 9.82. The maximum absolute atomic E-state index is 2.27. The van der Waals surface area contributed by atoms with Crippen LogP contribution in [0.1, 0.15) is 59.3 Å². The molecule has 0 atom stereocenters. The zero-order valence-electron chi connectivity index (χ0n) is 8.74. The Bertz CT molecular complexity index is 57.9. The maximum Gasteiger partial charge on any atom is 1.00 e. The largest absolute Gasteiger partial charge is 1.00 e. The average Bonchev–Trinajstić information content (AvgIpc) is 1.99. The van der Waals surface area contributed by atoms with Crippen LogP contribution in [0.4, 0.5) is 0 Å². The van der Waals surface area contributed by atoms with Gasteiger partial charge < -0.3 is 5.92 Å². The molecule has 0 heterocycles. The van der Waals surface area contributed by atoms with E-state index >= 15 is 0 Å². The summed E-state index contributed by atoms with van der Waals surface area (Å²) in [6.07, 6.45) is 8.12. The Kier molecular flexibility index (Phi) is 14.5. The first-order valence-corrected chi connectivity index (χ1v) is 4.68. The third kappa shape index (κ3) is 8.91. The van der Waals surface area contributed by atoms with Gasteiger partial charge in [-0.2, -0.15) is 19.3 Å². The Morgan fingerprint density at radius 3 is 1.82 bits per heavy atom. The van der Waals surface area contributed by atoms with Gasteiger partial charge in [0, 0.05) is 0 Å². The minimum absolute atomic E-state index is 0. The molecule has 0 aromatic heterocycles. The second-order valence-corrected chi connectivity index (χ2v) is 2.91. The SMILES string of the molecule is CCCCC[C-](CC)CC.[Na+]. The van der Waals surface area contributed by atoms with Crippen LogP contribution in [-0.4, -0.2) is 0 Å². The van der Waals surface area contributed by atoms with Crippen molar-refractivity contribution in [1.82, 2.24) is 0 Å². The summed E-state index contributed by atoms with van der Waals surface area (Å²) in [6.45, 7) is 6.80. The summed E-state index contributed by atoms with van der Waals surface area (Å²) in [5.41, 5.74) is 0. The molecule has 0 aromatic rings. The van der Waals surface area contributed by atoms with Gasteiger partial charge in [0.25, 0.3) is 0 Å². The molecule has 11 heavy (non-hydrogen) atoms. The van der Waals surface area contributed by atoms with Gasteiger partial charge in [0.2, 0.25) is 0 Å². The number of unbranched alkanes of at least 4 members (excludes halogenated alkanes) is 2. The van der Waals surface area contributed by atoms with Crippen LogP contribution in [-0.2, 0) is 0 Å². The van der Waals surface area contributed by atoms with Gasteiger partial charge in [0.05, 0.1) is 0 Å². The minimum atomic E-state index is 0. The van der Waals surface area contributed by atoms with Gasteiger partial charge in [-0.3, -0.25) is 0 Å². The van der Waals surface area contributed by atoms with Crippen LogP contribution in [0.2, 0.25) is 0 Å².